The van der Waals surface area contributed by atoms with E-state index < -0.39 is 0 Å². The number of benzene rings is 1. The van der Waals surface area contributed by atoms with Crippen LogP contribution in [0.15, 0.2) is 55.2 Å². The second-order valence-electron chi connectivity index (χ2n) is 9.15. The number of aliphatic hydroxyl groups excluding tert-OH is 1. The molecule has 1 aliphatic heterocycles. The van der Waals surface area contributed by atoms with E-state index in [1.54, 1.807) is 41.7 Å². The summed E-state index contributed by atoms with van der Waals surface area (Å²) in [5, 5.41) is 9.84. The summed E-state index contributed by atoms with van der Waals surface area (Å²) >= 11 is 0. The molecule has 35 heavy (non-hydrogen) atoms. The van der Waals surface area contributed by atoms with E-state index >= 15 is 0 Å². The Morgan fingerprint density at radius 3 is 2.60 bits per heavy atom. The molecule has 184 valence electrons. The van der Waals surface area contributed by atoms with Gasteiger partial charge in [-0.1, -0.05) is 19.1 Å². The van der Waals surface area contributed by atoms with Crippen molar-refractivity contribution in [1.29, 1.82) is 0 Å². The summed E-state index contributed by atoms with van der Waals surface area (Å²) in [7, 11) is 1.99. The normalized spacial score (nSPS) is 19.0. The molecule has 0 aliphatic carbocycles. The highest BCUT2D eigenvalue weighted by molar-refractivity contribution is 5.98. The summed E-state index contributed by atoms with van der Waals surface area (Å²) in [6.45, 7) is 5.36. The lowest BCUT2D eigenvalue weighted by Gasteiger charge is -2.37. The van der Waals surface area contributed by atoms with E-state index in [0.29, 0.717) is 30.8 Å². The first-order valence-electron chi connectivity index (χ1n) is 11.6. The maximum absolute atomic E-state index is 13.6. The Morgan fingerprint density at radius 1 is 1.20 bits per heavy atom. The zero-order valence-corrected chi connectivity index (χ0v) is 20.1. The van der Waals surface area contributed by atoms with Crippen LogP contribution in [-0.2, 0) is 6.54 Å². The molecule has 1 aliphatic rings. The van der Waals surface area contributed by atoms with Crippen LogP contribution in [0, 0.1) is 11.7 Å². The topological polar surface area (TPSA) is 91.7 Å². The smallest absolute Gasteiger partial charge is 0.259 e. The molecule has 0 unspecified atom stereocenters. The number of carbonyl (C=O) groups is 1. The van der Waals surface area contributed by atoms with Gasteiger partial charge in [-0.05, 0) is 37.7 Å². The van der Waals surface area contributed by atoms with Crippen molar-refractivity contribution in [2.75, 3.05) is 26.7 Å². The predicted octanol–water partition coefficient (Wildman–Crippen LogP) is 3.03. The van der Waals surface area contributed by atoms with Crippen LogP contribution in [0.3, 0.4) is 0 Å². The van der Waals surface area contributed by atoms with Crippen molar-refractivity contribution in [2.45, 2.75) is 32.5 Å². The lowest BCUT2D eigenvalue weighted by molar-refractivity contribution is 0.0325. The predicted molar refractivity (Wildman–Crippen MR) is 129 cm³/mol. The number of nitrogens with zero attached hydrogens (tertiary/aromatic N) is 5. The van der Waals surface area contributed by atoms with Crippen LogP contribution in [-0.4, -0.2) is 74.7 Å². The lowest BCUT2D eigenvalue weighted by Crippen LogP contribution is -2.49. The molecule has 1 amide bonds. The molecular weight excluding hydrogens is 449 g/mol. The van der Waals surface area contributed by atoms with Crippen LogP contribution in [0.2, 0.25) is 0 Å². The second-order valence-corrected chi connectivity index (χ2v) is 9.15. The summed E-state index contributed by atoms with van der Waals surface area (Å²) in [5.74, 6) is -0.352. The van der Waals surface area contributed by atoms with Crippen molar-refractivity contribution < 1.29 is 19.0 Å². The third kappa shape index (κ3) is 5.80. The molecule has 0 fully saturated rings. The Labute approximate surface area is 204 Å². The number of likely N-dealkylation sites (N-methyl/N-ethyl adjacent to an activating group) is 1. The number of pyridine rings is 1. The number of carbonyl (C=O) groups excluding carboxylic acids is 1. The molecule has 0 bridgehead atoms. The van der Waals surface area contributed by atoms with Crippen molar-refractivity contribution in [3.8, 4) is 17.0 Å². The summed E-state index contributed by atoms with van der Waals surface area (Å²) < 4.78 is 19.8. The fourth-order valence-electron chi connectivity index (χ4n) is 4.22. The van der Waals surface area contributed by atoms with Crippen LogP contribution in [0.4, 0.5) is 4.39 Å². The van der Waals surface area contributed by atoms with Gasteiger partial charge in [-0.15, -0.1) is 0 Å². The van der Waals surface area contributed by atoms with Crippen LogP contribution >= 0.6 is 0 Å². The van der Waals surface area contributed by atoms with Gasteiger partial charge in [0.2, 0.25) is 5.88 Å². The van der Waals surface area contributed by atoms with Gasteiger partial charge < -0.3 is 14.7 Å². The van der Waals surface area contributed by atoms with Crippen molar-refractivity contribution in [2.24, 2.45) is 5.92 Å². The van der Waals surface area contributed by atoms with Gasteiger partial charge in [0.05, 0.1) is 12.6 Å². The number of hydrogen-bond acceptors (Lipinski definition) is 7. The third-order valence-corrected chi connectivity index (χ3v) is 6.26. The van der Waals surface area contributed by atoms with E-state index in [1.165, 1.54) is 18.5 Å². The number of aliphatic hydroxyl groups is 1. The van der Waals surface area contributed by atoms with Gasteiger partial charge in [0.1, 0.15) is 23.8 Å². The highest BCUT2D eigenvalue weighted by Crippen LogP contribution is 2.30. The quantitative estimate of drug-likeness (QED) is 0.557. The summed E-state index contributed by atoms with van der Waals surface area (Å²) in [6.07, 6.45) is 6.44. The Kier molecular flexibility index (Phi) is 7.67. The molecule has 8 nitrogen and oxygen atoms in total. The van der Waals surface area contributed by atoms with Gasteiger partial charge in [-0.2, -0.15) is 0 Å². The molecular formula is C26H30FN5O3. The first-order valence-corrected chi connectivity index (χ1v) is 11.6. The molecule has 3 heterocycles. The highest BCUT2D eigenvalue weighted by atomic mass is 19.1. The van der Waals surface area contributed by atoms with Crippen LogP contribution in [0.25, 0.3) is 11.1 Å². The van der Waals surface area contributed by atoms with Gasteiger partial charge in [0, 0.05) is 55.3 Å². The second kappa shape index (κ2) is 10.9. The first kappa shape index (κ1) is 24.7. The zero-order valence-electron chi connectivity index (χ0n) is 20.1. The first-order chi connectivity index (χ1) is 16.9. The number of hydrogen-bond donors (Lipinski definition) is 1. The Hall–Kier alpha value is -3.43. The summed E-state index contributed by atoms with van der Waals surface area (Å²) in [4.78, 5) is 30.0. The average molecular weight is 480 g/mol. The minimum Gasteiger partial charge on any atom is -0.472 e. The zero-order chi connectivity index (χ0) is 24.9. The number of rotatable bonds is 7. The van der Waals surface area contributed by atoms with Gasteiger partial charge in [-0.3, -0.25) is 9.69 Å². The van der Waals surface area contributed by atoms with Gasteiger partial charge in [0.25, 0.3) is 5.91 Å². The summed E-state index contributed by atoms with van der Waals surface area (Å²) in [6, 6.07) is 7.39. The fraction of sp³-hybridized carbons (Fsp3) is 0.385. The molecule has 0 saturated carbocycles. The number of halogens is 1. The minimum absolute atomic E-state index is 0.0193. The van der Waals surface area contributed by atoms with Crippen molar-refractivity contribution in [1.82, 2.24) is 24.8 Å². The number of aromatic nitrogens is 3. The van der Waals surface area contributed by atoms with Gasteiger partial charge >= 0.3 is 0 Å². The van der Waals surface area contributed by atoms with E-state index in [2.05, 4.69) is 19.9 Å². The largest absolute Gasteiger partial charge is 0.472 e. The third-order valence-electron chi connectivity index (χ3n) is 6.26. The Morgan fingerprint density at radius 2 is 1.91 bits per heavy atom. The van der Waals surface area contributed by atoms with Crippen LogP contribution in [0.1, 0.15) is 29.8 Å². The number of fused-ring (bicyclic) bond motifs is 1. The van der Waals surface area contributed by atoms with Crippen molar-refractivity contribution in [3.63, 3.8) is 0 Å². The van der Waals surface area contributed by atoms with Gasteiger partial charge in [0.15, 0.2) is 0 Å². The Balaban J connectivity index is 1.65. The van der Waals surface area contributed by atoms with Crippen LogP contribution < -0.4 is 4.74 Å². The average Bonchev–Trinajstić information content (AvgIpc) is 2.86. The van der Waals surface area contributed by atoms with Crippen molar-refractivity contribution >= 4 is 5.91 Å². The van der Waals surface area contributed by atoms with Crippen molar-refractivity contribution in [3.05, 3.63) is 72.2 Å². The molecule has 3 aromatic rings. The van der Waals surface area contributed by atoms with E-state index in [9.17, 15) is 14.3 Å². The number of amides is 1. The van der Waals surface area contributed by atoms with E-state index in [1.807, 2.05) is 20.9 Å². The molecule has 2 aromatic heterocycles. The molecule has 9 heteroatoms. The fourth-order valence-corrected chi connectivity index (χ4v) is 4.22. The Bertz CT molecular complexity index is 1150. The SMILES string of the molecule is C[C@@H]1CN([C@H](C)CO)C(=O)c2cc(-c3ccc(F)cc3)cnc2O[C@H]1CN(C)Cc1cncnc1. The molecule has 0 saturated heterocycles. The van der Waals surface area contributed by atoms with E-state index in [0.717, 1.165) is 11.1 Å². The van der Waals surface area contributed by atoms with Gasteiger partial charge in [-0.25, -0.2) is 19.3 Å². The molecule has 1 aromatic carbocycles. The molecule has 0 radical (unpaired) electrons. The number of ether oxygens (including phenoxy) is 1. The molecule has 1 N–H and O–H groups in total. The maximum atomic E-state index is 13.6. The highest BCUT2D eigenvalue weighted by Gasteiger charge is 2.34. The minimum atomic E-state index is -0.370. The monoisotopic (exact) mass is 479 g/mol. The lowest BCUT2D eigenvalue weighted by atomic mass is 9.99. The molecule has 3 atom stereocenters. The molecule has 0 spiro atoms. The molecule has 4 rings (SSSR count). The standard InChI is InChI=1S/C26H30FN5O3/c1-17-12-32(18(2)15-33)26(34)23-8-21(20-4-6-22(27)7-5-20)11-30-25(23)35-24(17)14-31(3)13-19-9-28-16-29-10-19/h4-11,16-18,24,33H,12-15H2,1-3H3/t17-,18-,24+/m1/s1. The van der Waals surface area contributed by atoms with E-state index in [-0.39, 0.29) is 42.3 Å². The van der Waals surface area contributed by atoms with E-state index in [4.69, 9.17) is 4.74 Å². The van der Waals surface area contributed by atoms with Crippen LogP contribution in [0.5, 0.6) is 5.88 Å². The maximum Gasteiger partial charge on any atom is 0.259 e. The summed E-state index contributed by atoms with van der Waals surface area (Å²) in [5.41, 5.74) is 2.74.